The molecule has 0 saturated carbocycles. The summed E-state index contributed by atoms with van der Waals surface area (Å²) in [6, 6.07) is 15.7. The Labute approximate surface area is 171 Å². The van der Waals surface area contributed by atoms with Crippen LogP contribution < -0.4 is 5.63 Å². The zero-order valence-corrected chi connectivity index (χ0v) is 16.9. The van der Waals surface area contributed by atoms with Crippen molar-refractivity contribution in [3.8, 4) is 5.75 Å². The molecule has 1 aliphatic rings. The molecule has 2 aromatic carbocycles. The van der Waals surface area contributed by atoms with Crippen LogP contribution in [0.2, 0.25) is 0 Å². The molecule has 5 heteroatoms. The summed E-state index contributed by atoms with van der Waals surface area (Å²) in [5.74, 6) is 0.187. The van der Waals surface area contributed by atoms with Gasteiger partial charge < -0.3 is 9.52 Å². The number of hydrogen-bond acceptors (Lipinski definition) is 5. The fourth-order valence-corrected chi connectivity index (χ4v) is 4.14. The quantitative estimate of drug-likeness (QED) is 0.670. The molecule has 0 unspecified atom stereocenters. The fourth-order valence-electron chi connectivity index (χ4n) is 4.14. The Hall–Kier alpha value is -2.63. The van der Waals surface area contributed by atoms with Crippen molar-refractivity contribution in [2.45, 2.75) is 32.9 Å². The van der Waals surface area contributed by atoms with Gasteiger partial charge >= 0.3 is 5.63 Å². The summed E-state index contributed by atoms with van der Waals surface area (Å²) in [5, 5.41) is 11.0. The molecule has 1 fully saturated rings. The highest BCUT2D eigenvalue weighted by atomic mass is 16.4. The topological polar surface area (TPSA) is 56.9 Å². The molecule has 2 heterocycles. The lowest BCUT2D eigenvalue weighted by molar-refractivity contribution is 0.247. The number of phenols is 1. The summed E-state index contributed by atoms with van der Waals surface area (Å²) >= 11 is 0. The highest BCUT2D eigenvalue weighted by molar-refractivity contribution is 5.82. The van der Waals surface area contributed by atoms with Crippen molar-refractivity contribution < 1.29 is 9.52 Å². The molecule has 0 spiro atoms. The van der Waals surface area contributed by atoms with E-state index in [1.54, 1.807) is 12.1 Å². The molecule has 1 saturated heterocycles. The number of hydrogen-bond donors (Lipinski definition) is 1. The van der Waals surface area contributed by atoms with Crippen molar-refractivity contribution in [1.82, 2.24) is 9.80 Å². The lowest BCUT2D eigenvalue weighted by Crippen LogP contribution is -2.30. The van der Waals surface area contributed by atoms with E-state index in [9.17, 15) is 9.90 Å². The van der Waals surface area contributed by atoms with E-state index in [4.69, 9.17) is 4.42 Å². The molecular weight excluding hydrogens is 364 g/mol. The summed E-state index contributed by atoms with van der Waals surface area (Å²) in [5.41, 5.74) is 3.29. The van der Waals surface area contributed by atoms with Gasteiger partial charge in [0.2, 0.25) is 0 Å². The van der Waals surface area contributed by atoms with Crippen LogP contribution in [-0.4, -0.2) is 41.1 Å². The number of aromatic hydroxyl groups is 1. The molecule has 0 aliphatic carbocycles. The maximum atomic E-state index is 12.1. The second-order valence-corrected chi connectivity index (χ2v) is 7.81. The molecule has 152 valence electrons. The van der Waals surface area contributed by atoms with Gasteiger partial charge in [-0.05, 0) is 48.7 Å². The van der Waals surface area contributed by atoms with E-state index in [0.29, 0.717) is 5.58 Å². The van der Waals surface area contributed by atoms with Crippen LogP contribution >= 0.6 is 0 Å². The number of benzene rings is 2. The third-order valence-corrected chi connectivity index (χ3v) is 5.73. The molecule has 4 rings (SSSR count). The predicted octanol–water partition coefficient (Wildman–Crippen LogP) is 3.77. The maximum absolute atomic E-state index is 12.1. The normalized spacial score (nSPS) is 16.2. The van der Waals surface area contributed by atoms with Crippen LogP contribution in [0.5, 0.6) is 5.75 Å². The predicted molar refractivity (Wildman–Crippen MR) is 115 cm³/mol. The summed E-state index contributed by atoms with van der Waals surface area (Å²) in [7, 11) is 0. The van der Waals surface area contributed by atoms with Crippen molar-refractivity contribution in [1.29, 1.82) is 0 Å². The van der Waals surface area contributed by atoms with Crippen LogP contribution in [0.1, 0.15) is 30.0 Å². The van der Waals surface area contributed by atoms with E-state index in [1.165, 1.54) is 5.56 Å². The lowest BCUT2D eigenvalue weighted by Gasteiger charge is -2.22. The maximum Gasteiger partial charge on any atom is 0.336 e. The number of fused-ring (bicyclic) bond motifs is 1. The van der Waals surface area contributed by atoms with Crippen molar-refractivity contribution in [2.24, 2.45) is 0 Å². The van der Waals surface area contributed by atoms with Gasteiger partial charge in [-0.1, -0.05) is 37.3 Å². The van der Waals surface area contributed by atoms with Crippen LogP contribution in [0, 0.1) is 0 Å². The molecule has 1 aliphatic heterocycles. The number of nitrogens with zero attached hydrogens (tertiary/aromatic N) is 2. The first kappa shape index (κ1) is 19.7. The zero-order chi connectivity index (χ0) is 20.2. The van der Waals surface area contributed by atoms with Gasteiger partial charge in [0.25, 0.3) is 0 Å². The van der Waals surface area contributed by atoms with E-state index in [-0.39, 0.29) is 11.4 Å². The standard InChI is InChI=1S/C24H28N2O3/c1-2-19-13-21-20(14-24(28)29-23(21)15-22(19)27)17-26-10-6-9-25(11-12-26)16-18-7-4-3-5-8-18/h3-5,7-8,13-15,27H,2,6,9-12,16-17H2,1H3. The Bertz CT molecular complexity index is 1030. The Morgan fingerprint density at radius 3 is 2.38 bits per heavy atom. The molecule has 1 aromatic heterocycles. The minimum Gasteiger partial charge on any atom is -0.508 e. The number of aryl methyl sites for hydroxylation is 1. The van der Waals surface area contributed by atoms with Crippen LogP contribution in [0.3, 0.4) is 0 Å². The van der Waals surface area contributed by atoms with Crippen molar-refractivity contribution in [3.05, 3.63) is 75.6 Å². The summed E-state index contributed by atoms with van der Waals surface area (Å²) in [4.78, 5) is 17.0. The average Bonchev–Trinajstić information content (AvgIpc) is 2.93. The zero-order valence-electron chi connectivity index (χ0n) is 16.9. The Morgan fingerprint density at radius 2 is 1.66 bits per heavy atom. The van der Waals surface area contributed by atoms with E-state index in [1.807, 2.05) is 13.0 Å². The van der Waals surface area contributed by atoms with Crippen molar-refractivity contribution in [2.75, 3.05) is 26.2 Å². The smallest absolute Gasteiger partial charge is 0.336 e. The van der Waals surface area contributed by atoms with E-state index >= 15 is 0 Å². The summed E-state index contributed by atoms with van der Waals surface area (Å²) < 4.78 is 5.34. The molecule has 0 bridgehead atoms. The highest BCUT2D eigenvalue weighted by Crippen LogP contribution is 2.27. The van der Waals surface area contributed by atoms with Crippen molar-refractivity contribution in [3.63, 3.8) is 0 Å². The van der Waals surface area contributed by atoms with Crippen molar-refractivity contribution >= 4 is 11.0 Å². The van der Waals surface area contributed by atoms with Gasteiger partial charge in [-0.15, -0.1) is 0 Å². The number of rotatable bonds is 5. The molecule has 0 atom stereocenters. The van der Waals surface area contributed by atoms with E-state index in [0.717, 1.165) is 68.6 Å². The van der Waals surface area contributed by atoms with E-state index < -0.39 is 0 Å². The second kappa shape index (κ2) is 8.80. The minimum absolute atomic E-state index is 0.187. The molecule has 0 amide bonds. The highest BCUT2D eigenvalue weighted by Gasteiger charge is 2.17. The van der Waals surface area contributed by atoms with Gasteiger partial charge in [0.15, 0.2) is 0 Å². The van der Waals surface area contributed by atoms with Gasteiger partial charge in [0.05, 0.1) is 0 Å². The SMILES string of the molecule is CCc1cc2c(CN3CCCN(Cc4ccccc4)CC3)cc(=O)oc2cc1O. The molecule has 0 radical (unpaired) electrons. The first-order chi connectivity index (χ1) is 14.1. The summed E-state index contributed by atoms with van der Waals surface area (Å²) in [6.45, 7) is 7.77. The van der Waals surface area contributed by atoms with Crippen LogP contribution in [0.25, 0.3) is 11.0 Å². The first-order valence-corrected chi connectivity index (χ1v) is 10.4. The average molecular weight is 392 g/mol. The molecule has 3 aromatic rings. The van der Waals surface area contributed by atoms with Crippen LogP contribution in [0.15, 0.2) is 57.7 Å². The molecular formula is C24H28N2O3. The molecule has 5 nitrogen and oxygen atoms in total. The lowest BCUT2D eigenvalue weighted by atomic mass is 10.0. The third kappa shape index (κ3) is 4.69. The first-order valence-electron chi connectivity index (χ1n) is 10.4. The van der Waals surface area contributed by atoms with Gasteiger partial charge in [-0.25, -0.2) is 4.79 Å². The van der Waals surface area contributed by atoms with Gasteiger partial charge in [0.1, 0.15) is 11.3 Å². The van der Waals surface area contributed by atoms with Gasteiger partial charge in [0, 0.05) is 43.7 Å². The Balaban J connectivity index is 1.50. The Kier molecular flexibility index (Phi) is 5.97. The van der Waals surface area contributed by atoms with Crippen LogP contribution in [-0.2, 0) is 19.5 Å². The Morgan fingerprint density at radius 1 is 0.931 bits per heavy atom. The fraction of sp³-hybridized carbons (Fsp3) is 0.375. The minimum atomic E-state index is -0.364. The summed E-state index contributed by atoms with van der Waals surface area (Å²) in [6.07, 6.45) is 1.84. The largest absolute Gasteiger partial charge is 0.508 e. The third-order valence-electron chi connectivity index (χ3n) is 5.73. The second-order valence-electron chi connectivity index (χ2n) is 7.81. The molecule has 29 heavy (non-hydrogen) atoms. The van der Waals surface area contributed by atoms with E-state index in [2.05, 4.69) is 40.1 Å². The van der Waals surface area contributed by atoms with Crippen LogP contribution in [0.4, 0.5) is 0 Å². The van der Waals surface area contributed by atoms with Gasteiger partial charge in [-0.3, -0.25) is 9.80 Å². The van der Waals surface area contributed by atoms with Gasteiger partial charge in [-0.2, -0.15) is 0 Å². The number of phenolic OH excluding ortho intramolecular Hbond substituents is 1. The molecule has 1 N–H and O–H groups in total. The monoisotopic (exact) mass is 392 g/mol.